The Morgan fingerprint density at radius 3 is 2.48 bits per heavy atom. The van der Waals surface area contributed by atoms with Crippen molar-refractivity contribution < 1.29 is 42.7 Å². The van der Waals surface area contributed by atoms with Crippen LogP contribution in [0.25, 0.3) is 11.8 Å². The van der Waals surface area contributed by atoms with E-state index < -0.39 is 47.7 Å². The van der Waals surface area contributed by atoms with Gasteiger partial charge in [0.25, 0.3) is 5.72 Å². The van der Waals surface area contributed by atoms with Gasteiger partial charge in [-0.15, -0.1) is 0 Å². The van der Waals surface area contributed by atoms with Crippen LogP contribution in [0.3, 0.4) is 0 Å². The van der Waals surface area contributed by atoms with Gasteiger partial charge in [-0.25, -0.2) is 13.6 Å². The summed E-state index contributed by atoms with van der Waals surface area (Å²) in [5.41, 5.74) is 0.162. The first kappa shape index (κ1) is 27.9. The van der Waals surface area contributed by atoms with Crippen molar-refractivity contribution in [1.82, 2.24) is 14.5 Å². The number of fused-ring (bicyclic) bond motifs is 1. The lowest BCUT2D eigenvalue weighted by atomic mass is 9.93. The summed E-state index contributed by atoms with van der Waals surface area (Å²) in [6.07, 6.45) is 2.12. The lowest BCUT2D eigenvalue weighted by molar-refractivity contribution is -0.144. The van der Waals surface area contributed by atoms with Gasteiger partial charge in [0, 0.05) is 23.8 Å². The van der Waals surface area contributed by atoms with E-state index in [1.165, 1.54) is 25.3 Å². The normalized spacial score (nSPS) is 23.7. The van der Waals surface area contributed by atoms with Crippen LogP contribution in [0.5, 0.6) is 5.75 Å². The van der Waals surface area contributed by atoms with Crippen molar-refractivity contribution in [2.45, 2.75) is 25.2 Å². The highest BCUT2D eigenvalue weighted by Crippen LogP contribution is 2.99. The standard InChI is InChI=1S/C25H24F6N4O4S/c1-16-12-34(15-32-16)22-8-3-17(10-23(22)37-2)9-18-11-21(38-40(27,28,29,30)31)13-35-24(18)33-39-25(35,14-36)19-4-6-20(26)7-5-19/h3-10,12,15,21,36H,11,13-14H2,1-2H3. The van der Waals surface area contributed by atoms with Crippen molar-refractivity contribution >= 4 is 22.4 Å². The van der Waals surface area contributed by atoms with Gasteiger partial charge in [0.2, 0.25) is 0 Å². The lowest BCUT2D eigenvalue weighted by Gasteiger charge is -2.46. The molecule has 2 atom stereocenters. The highest BCUT2D eigenvalue weighted by molar-refractivity contribution is 8.42. The number of rotatable bonds is 7. The molecule has 1 N–H and O–H groups in total. The molecule has 0 bridgehead atoms. The molecule has 2 aromatic carbocycles. The Bertz CT molecular complexity index is 1510. The van der Waals surface area contributed by atoms with Crippen molar-refractivity contribution in [3.63, 3.8) is 0 Å². The molecule has 5 rings (SSSR count). The topological polar surface area (TPSA) is 81.3 Å². The predicted octanol–water partition coefficient (Wildman–Crippen LogP) is 6.21. The fourth-order valence-electron chi connectivity index (χ4n) is 4.78. The van der Waals surface area contributed by atoms with E-state index in [9.17, 15) is 28.9 Å². The van der Waals surface area contributed by atoms with E-state index in [0.717, 1.165) is 22.7 Å². The SMILES string of the molecule is COc1cc(C=C2CC(OS(F)(F)(F)(F)F)CN3C2=NOC3(CO)c2ccc(F)cc2)ccc1-n1cnc(C)c1. The van der Waals surface area contributed by atoms with Gasteiger partial charge in [0.1, 0.15) is 24.3 Å². The maximum Gasteiger partial charge on any atom is 0.397 e. The smallest absolute Gasteiger partial charge is 0.397 e. The van der Waals surface area contributed by atoms with Crippen LogP contribution in [-0.2, 0) is 14.7 Å². The molecule has 0 saturated carbocycles. The average molecular weight is 591 g/mol. The van der Waals surface area contributed by atoms with E-state index in [-0.39, 0.29) is 17.0 Å². The number of amidine groups is 1. The van der Waals surface area contributed by atoms with Crippen LogP contribution < -0.4 is 4.74 Å². The monoisotopic (exact) mass is 590 g/mol. The first-order chi connectivity index (χ1) is 18.6. The Kier molecular flexibility index (Phi) is 6.20. The number of nitrogens with zero attached hydrogens (tertiary/aromatic N) is 4. The molecule has 15 heteroatoms. The van der Waals surface area contributed by atoms with E-state index in [2.05, 4.69) is 14.3 Å². The number of halogens is 6. The summed E-state index contributed by atoms with van der Waals surface area (Å²) in [6, 6.07) is 9.58. The van der Waals surface area contributed by atoms with E-state index in [1.807, 2.05) is 6.92 Å². The van der Waals surface area contributed by atoms with Crippen LogP contribution >= 0.6 is 10.5 Å². The van der Waals surface area contributed by atoms with Crippen LogP contribution in [0.4, 0.5) is 23.8 Å². The second-order valence-electron chi connectivity index (χ2n) is 9.41. The predicted molar refractivity (Wildman–Crippen MR) is 136 cm³/mol. The zero-order valence-corrected chi connectivity index (χ0v) is 21.9. The molecular formula is C25H24F6N4O4S. The molecule has 2 aliphatic rings. The fraction of sp³-hybridized carbons (Fsp3) is 0.280. The number of oxime groups is 1. The molecule has 8 nitrogen and oxygen atoms in total. The molecule has 1 aromatic heterocycles. The minimum absolute atomic E-state index is 0.00802. The zero-order chi connectivity index (χ0) is 29.0. The highest BCUT2D eigenvalue weighted by atomic mass is 32.5. The first-order valence-electron chi connectivity index (χ1n) is 11.8. The average Bonchev–Trinajstić information content (AvgIpc) is 3.47. The number of aliphatic hydroxyl groups excluding tert-OH is 1. The van der Waals surface area contributed by atoms with Crippen molar-refractivity contribution in [2.24, 2.45) is 5.16 Å². The molecule has 0 spiro atoms. The van der Waals surface area contributed by atoms with Crippen LogP contribution in [-0.4, -0.2) is 51.8 Å². The molecule has 1 saturated heterocycles. The fourth-order valence-corrected chi connectivity index (χ4v) is 5.42. The van der Waals surface area contributed by atoms with E-state index in [0.29, 0.717) is 17.0 Å². The minimum atomic E-state index is -10.3. The number of methoxy groups -OCH3 is 1. The summed E-state index contributed by atoms with van der Waals surface area (Å²) in [5.74, 6) is -0.200. The summed E-state index contributed by atoms with van der Waals surface area (Å²) in [4.78, 5) is 10.8. The number of hydrogen-bond acceptors (Lipinski definition) is 7. The van der Waals surface area contributed by atoms with Gasteiger partial charge in [-0.3, -0.25) is 0 Å². The molecule has 0 amide bonds. The maximum absolute atomic E-state index is 13.6. The molecule has 0 aliphatic carbocycles. The Morgan fingerprint density at radius 2 is 1.88 bits per heavy atom. The molecule has 2 aliphatic heterocycles. The van der Waals surface area contributed by atoms with Crippen molar-refractivity contribution in [3.8, 4) is 11.4 Å². The van der Waals surface area contributed by atoms with Crippen LogP contribution in [0.1, 0.15) is 23.2 Å². The van der Waals surface area contributed by atoms with Crippen molar-refractivity contribution in [1.29, 1.82) is 0 Å². The minimum Gasteiger partial charge on any atom is -0.495 e. The zero-order valence-electron chi connectivity index (χ0n) is 21.1. The number of hydrogen-bond donors (Lipinski definition) is 1. The second-order valence-corrected chi connectivity index (χ2v) is 11.4. The van der Waals surface area contributed by atoms with Crippen LogP contribution in [0.15, 0.2) is 65.7 Å². The van der Waals surface area contributed by atoms with Crippen molar-refractivity contribution in [2.75, 3.05) is 20.3 Å². The number of benzene rings is 2. The quantitative estimate of drug-likeness (QED) is 0.330. The van der Waals surface area contributed by atoms with Gasteiger partial charge in [0.15, 0.2) is 5.84 Å². The second kappa shape index (κ2) is 8.91. The largest absolute Gasteiger partial charge is 0.495 e. The molecular weight excluding hydrogens is 566 g/mol. The first-order valence-corrected chi connectivity index (χ1v) is 13.7. The molecule has 0 radical (unpaired) electrons. The van der Waals surface area contributed by atoms with Gasteiger partial charge in [-0.2, -0.15) is 0 Å². The third-order valence-corrected chi connectivity index (χ3v) is 7.09. The molecule has 40 heavy (non-hydrogen) atoms. The third-order valence-electron chi connectivity index (χ3n) is 6.46. The van der Waals surface area contributed by atoms with Gasteiger partial charge >= 0.3 is 10.5 Å². The molecule has 1 fully saturated rings. The maximum atomic E-state index is 13.6. The molecule has 216 valence electrons. The number of ether oxygens (including phenoxy) is 1. The van der Waals surface area contributed by atoms with Crippen LogP contribution in [0, 0.1) is 12.7 Å². The van der Waals surface area contributed by atoms with Gasteiger partial charge in [0.05, 0.1) is 31.4 Å². The van der Waals surface area contributed by atoms with Crippen LogP contribution in [0.2, 0.25) is 0 Å². The Morgan fingerprint density at radius 1 is 1.15 bits per heavy atom. The highest BCUT2D eigenvalue weighted by Gasteiger charge is 2.68. The molecule has 3 heterocycles. The molecule has 3 aromatic rings. The third kappa shape index (κ3) is 5.62. The van der Waals surface area contributed by atoms with Gasteiger partial charge in [-0.05, 0) is 55.0 Å². The Labute approximate surface area is 225 Å². The van der Waals surface area contributed by atoms with Gasteiger partial charge in [-0.1, -0.05) is 30.7 Å². The summed E-state index contributed by atoms with van der Waals surface area (Å²) in [7, 11) is -8.87. The van der Waals surface area contributed by atoms with E-state index >= 15 is 0 Å². The van der Waals surface area contributed by atoms with E-state index in [4.69, 9.17) is 9.57 Å². The summed E-state index contributed by atoms with van der Waals surface area (Å²) >= 11 is 0. The summed E-state index contributed by atoms with van der Waals surface area (Å²) < 4.78 is 91.4. The van der Waals surface area contributed by atoms with E-state index in [1.54, 1.807) is 35.3 Å². The number of imidazole rings is 1. The summed E-state index contributed by atoms with van der Waals surface area (Å²) in [6.45, 7) is 0.223. The number of piperidine rings is 1. The van der Waals surface area contributed by atoms with Gasteiger partial charge < -0.3 is 24.1 Å². The molecule has 2 unspecified atom stereocenters. The number of aromatic nitrogens is 2. The van der Waals surface area contributed by atoms with Crippen molar-refractivity contribution in [3.05, 3.63) is 83.2 Å². The number of aryl methyl sites for hydroxylation is 1. The number of aliphatic hydroxyl groups is 1. The lowest BCUT2D eigenvalue weighted by Crippen LogP contribution is -2.55. The Balaban J connectivity index is 1.57. The summed E-state index contributed by atoms with van der Waals surface area (Å²) in [5, 5.41) is 14.3. The Hall–Kier alpha value is -3.69.